The fourth-order valence-corrected chi connectivity index (χ4v) is 3.76. The molecule has 1 aromatic carbocycles. The van der Waals surface area contributed by atoms with Crippen LogP contribution < -0.4 is 9.46 Å². The summed E-state index contributed by atoms with van der Waals surface area (Å²) in [6.07, 6.45) is 3.12. The molecule has 0 fully saturated rings. The van der Waals surface area contributed by atoms with Crippen molar-refractivity contribution in [2.75, 3.05) is 23.3 Å². The minimum Gasteiger partial charge on any atom is -0.474 e. The van der Waals surface area contributed by atoms with Crippen molar-refractivity contribution in [1.82, 2.24) is 9.97 Å². The van der Waals surface area contributed by atoms with Gasteiger partial charge in [0, 0.05) is 5.75 Å². The second-order valence-corrected chi connectivity index (χ2v) is 8.15. The number of ether oxygens (including phenoxy) is 1. The first-order chi connectivity index (χ1) is 11.3. The maximum atomic E-state index is 12.5. The zero-order valence-electron chi connectivity index (χ0n) is 12.3. The molecule has 0 spiro atoms. The van der Waals surface area contributed by atoms with Gasteiger partial charge in [0.05, 0.1) is 22.8 Å². The summed E-state index contributed by atoms with van der Waals surface area (Å²) in [5, 5.41) is 0.120. The predicted octanol–water partition coefficient (Wildman–Crippen LogP) is 3.98. The van der Waals surface area contributed by atoms with Crippen molar-refractivity contribution in [2.24, 2.45) is 0 Å². The first-order valence-corrected chi connectivity index (χ1v) is 10.5. The smallest absolute Gasteiger partial charge is 0.264 e. The maximum absolute atomic E-state index is 12.5. The molecular weight excluding hydrogens is 417 g/mol. The van der Waals surface area contributed by atoms with Gasteiger partial charge in [-0.2, -0.15) is 16.7 Å². The van der Waals surface area contributed by atoms with Crippen LogP contribution >= 0.6 is 46.6 Å². The summed E-state index contributed by atoms with van der Waals surface area (Å²) in [7, 11) is -4.03. The van der Waals surface area contributed by atoms with Gasteiger partial charge in [-0.05, 0) is 18.4 Å². The molecule has 11 heteroatoms. The van der Waals surface area contributed by atoms with E-state index in [1.54, 1.807) is 11.8 Å². The molecule has 130 valence electrons. The summed E-state index contributed by atoms with van der Waals surface area (Å²) in [4.78, 5) is 7.70. The number of nitrogens with zero attached hydrogens (tertiary/aromatic N) is 2. The first kappa shape index (κ1) is 19.4. The van der Waals surface area contributed by atoms with Gasteiger partial charge in [-0.15, -0.1) is 0 Å². The average molecular weight is 429 g/mol. The van der Waals surface area contributed by atoms with Crippen LogP contribution in [0.2, 0.25) is 15.2 Å². The predicted molar refractivity (Wildman–Crippen MR) is 98.2 cm³/mol. The Labute approximate surface area is 158 Å². The van der Waals surface area contributed by atoms with Gasteiger partial charge in [0.1, 0.15) is 4.90 Å². The Balaban J connectivity index is 2.34. The lowest BCUT2D eigenvalue weighted by Crippen LogP contribution is -2.16. The quantitative estimate of drug-likeness (QED) is 0.672. The van der Waals surface area contributed by atoms with Crippen LogP contribution in [0.15, 0.2) is 29.3 Å². The summed E-state index contributed by atoms with van der Waals surface area (Å²) < 4.78 is 32.8. The number of hydrogen-bond acceptors (Lipinski definition) is 6. The lowest BCUT2D eigenvalue weighted by molar-refractivity contribution is 0.331. The monoisotopic (exact) mass is 427 g/mol. The Morgan fingerprint density at radius 2 is 2.04 bits per heavy atom. The summed E-state index contributed by atoms with van der Waals surface area (Å²) >= 11 is 19.2. The van der Waals surface area contributed by atoms with Crippen molar-refractivity contribution in [2.45, 2.75) is 4.90 Å². The fourth-order valence-electron chi connectivity index (χ4n) is 1.62. The number of aromatic nitrogens is 2. The molecule has 2 aromatic rings. The van der Waals surface area contributed by atoms with E-state index in [2.05, 4.69) is 14.7 Å². The number of halogens is 3. The van der Waals surface area contributed by atoms with Crippen molar-refractivity contribution in [3.63, 3.8) is 0 Å². The molecule has 0 aliphatic rings. The SMILES string of the molecule is CSCCOc1nc(Cl)cnc1NS(=O)(=O)c1cccc(Cl)c1Cl. The molecule has 2 rings (SSSR count). The number of hydrogen-bond donors (Lipinski definition) is 1. The van der Waals surface area contributed by atoms with Crippen LogP contribution in [-0.4, -0.2) is 37.0 Å². The van der Waals surface area contributed by atoms with Gasteiger partial charge in [0.15, 0.2) is 5.15 Å². The molecule has 0 bridgehead atoms. The molecular formula is C13H12Cl3N3O3S2. The Hall–Kier alpha value is -0.930. The normalized spacial score (nSPS) is 11.3. The maximum Gasteiger partial charge on any atom is 0.264 e. The van der Waals surface area contributed by atoms with Gasteiger partial charge in [-0.1, -0.05) is 40.9 Å². The molecule has 0 saturated carbocycles. The third-order valence-corrected chi connectivity index (χ3v) is 5.74. The Bertz CT molecular complexity index is 834. The summed E-state index contributed by atoms with van der Waals surface area (Å²) in [5.74, 6) is 0.593. The molecule has 0 amide bonds. The standard InChI is InChI=1S/C13H12Cl3N3O3S2/c1-23-6-5-22-13-12(17-7-10(15)18-13)19-24(20,21)9-4-2-3-8(14)11(9)16/h2-4,7H,5-6H2,1H3,(H,17,19). The summed E-state index contributed by atoms with van der Waals surface area (Å²) in [5.41, 5.74) is 0. The van der Waals surface area contributed by atoms with E-state index in [1.807, 2.05) is 6.26 Å². The minimum absolute atomic E-state index is 0.0155. The fraction of sp³-hybridized carbons (Fsp3) is 0.231. The molecule has 0 unspecified atom stereocenters. The number of nitrogens with one attached hydrogen (secondary N) is 1. The van der Waals surface area contributed by atoms with Gasteiger partial charge in [0.2, 0.25) is 5.82 Å². The van der Waals surface area contributed by atoms with E-state index in [1.165, 1.54) is 24.4 Å². The molecule has 1 aromatic heterocycles. The summed E-state index contributed by atoms with van der Waals surface area (Å²) in [6, 6.07) is 4.29. The molecule has 0 aliphatic carbocycles. The molecule has 24 heavy (non-hydrogen) atoms. The van der Waals surface area contributed by atoms with E-state index in [9.17, 15) is 8.42 Å². The van der Waals surface area contributed by atoms with E-state index in [4.69, 9.17) is 39.5 Å². The van der Waals surface area contributed by atoms with Crippen LogP contribution in [0, 0.1) is 0 Å². The molecule has 6 nitrogen and oxygen atoms in total. The number of sulfonamides is 1. The number of anilines is 1. The molecule has 0 atom stereocenters. The lowest BCUT2D eigenvalue weighted by atomic mass is 10.4. The van der Waals surface area contributed by atoms with Crippen molar-refractivity contribution in [3.8, 4) is 5.88 Å². The first-order valence-electron chi connectivity index (χ1n) is 6.46. The summed E-state index contributed by atoms with van der Waals surface area (Å²) in [6.45, 7) is 0.322. The second-order valence-electron chi connectivity index (χ2n) is 4.35. The highest BCUT2D eigenvalue weighted by Gasteiger charge is 2.22. The van der Waals surface area contributed by atoms with Crippen LogP contribution in [0.3, 0.4) is 0 Å². The van der Waals surface area contributed by atoms with Crippen molar-refractivity contribution in [1.29, 1.82) is 0 Å². The zero-order valence-corrected chi connectivity index (χ0v) is 16.2. The van der Waals surface area contributed by atoms with E-state index in [-0.39, 0.29) is 31.8 Å². The Kier molecular flexibility index (Phi) is 6.82. The third kappa shape index (κ3) is 4.80. The Morgan fingerprint density at radius 3 is 2.75 bits per heavy atom. The number of benzene rings is 1. The highest BCUT2D eigenvalue weighted by atomic mass is 35.5. The molecule has 1 N–H and O–H groups in total. The van der Waals surface area contributed by atoms with E-state index in [0.717, 1.165) is 0 Å². The van der Waals surface area contributed by atoms with Crippen LogP contribution in [0.4, 0.5) is 5.82 Å². The number of rotatable bonds is 7. The minimum atomic E-state index is -4.03. The Morgan fingerprint density at radius 1 is 1.29 bits per heavy atom. The topological polar surface area (TPSA) is 81.2 Å². The van der Waals surface area contributed by atoms with Gasteiger partial charge < -0.3 is 4.74 Å². The van der Waals surface area contributed by atoms with Gasteiger partial charge in [-0.3, -0.25) is 4.72 Å². The lowest BCUT2D eigenvalue weighted by Gasteiger charge is -2.12. The van der Waals surface area contributed by atoms with Crippen molar-refractivity contribution < 1.29 is 13.2 Å². The van der Waals surface area contributed by atoms with Crippen molar-refractivity contribution >= 4 is 62.4 Å². The number of thioether (sulfide) groups is 1. The molecule has 0 aliphatic heterocycles. The van der Waals surface area contributed by atoms with Crippen LogP contribution in [-0.2, 0) is 10.0 Å². The molecule has 0 saturated heterocycles. The average Bonchev–Trinajstić information content (AvgIpc) is 2.52. The highest BCUT2D eigenvalue weighted by Crippen LogP contribution is 2.31. The van der Waals surface area contributed by atoms with E-state index >= 15 is 0 Å². The second kappa shape index (κ2) is 8.44. The zero-order chi connectivity index (χ0) is 17.7. The van der Waals surface area contributed by atoms with Crippen molar-refractivity contribution in [3.05, 3.63) is 39.6 Å². The molecule has 0 radical (unpaired) electrons. The van der Waals surface area contributed by atoms with Crippen LogP contribution in [0.5, 0.6) is 5.88 Å². The van der Waals surface area contributed by atoms with E-state index in [0.29, 0.717) is 12.4 Å². The van der Waals surface area contributed by atoms with Gasteiger partial charge >= 0.3 is 0 Å². The highest BCUT2D eigenvalue weighted by molar-refractivity contribution is 7.98. The van der Waals surface area contributed by atoms with Gasteiger partial charge in [0.25, 0.3) is 15.9 Å². The van der Waals surface area contributed by atoms with Gasteiger partial charge in [-0.25, -0.2) is 13.4 Å². The third-order valence-electron chi connectivity index (χ3n) is 2.67. The molecule has 1 heterocycles. The van der Waals surface area contributed by atoms with Crippen LogP contribution in [0.1, 0.15) is 0 Å². The van der Waals surface area contributed by atoms with E-state index < -0.39 is 10.0 Å². The largest absolute Gasteiger partial charge is 0.474 e. The van der Waals surface area contributed by atoms with Crippen LogP contribution in [0.25, 0.3) is 0 Å².